The molecule has 0 atom stereocenters. The van der Waals surface area contributed by atoms with Gasteiger partial charge in [0.2, 0.25) is 5.91 Å². The molecule has 162 valence electrons. The molecule has 1 aliphatic rings. The van der Waals surface area contributed by atoms with Gasteiger partial charge in [0.15, 0.2) is 0 Å². The minimum Gasteiger partial charge on any atom is -0.466 e. The number of hydrogen-bond donors (Lipinski definition) is 3. The quantitative estimate of drug-likeness (QED) is 0.355. The lowest BCUT2D eigenvalue weighted by atomic mass is 10.1. The second-order valence-corrected chi connectivity index (χ2v) is 7.09. The predicted molar refractivity (Wildman–Crippen MR) is 118 cm³/mol. The van der Waals surface area contributed by atoms with Crippen LogP contribution in [0.4, 0.5) is 17.1 Å². The summed E-state index contributed by atoms with van der Waals surface area (Å²) in [6, 6.07) is 12.2. The molecule has 0 aromatic heterocycles. The number of nitrogen functional groups attached to an aromatic ring is 1. The van der Waals surface area contributed by atoms with Crippen LogP contribution in [0.3, 0.4) is 0 Å². The number of fused-ring (bicyclic) bond motifs is 1. The Kier molecular flexibility index (Phi) is 6.54. The Labute approximate surface area is 180 Å². The average Bonchev–Trinajstić information content (AvgIpc) is 2.83. The van der Waals surface area contributed by atoms with Gasteiger partial charge in [-0.15, -0.1) is 0 Å². The highest BCUT2D eigenvalue weighted by atomic mass is 16.5. The number of amidine groups is 1. The van der Waals surface area contributed by atoms with Gasteiger partial charge in [-0.05, 0) is 37.3 Å². The van der Waals surface area contributed by atoms with E-state index in [2.05, 4.69) is 5.32 Å². The maximum absolute atomic E-state index is 13.2. The van der Waals surface area contributed by atoms with E-state index in [0.717, 1.165) is 0 Å². The zero-order chi connectivity index (χ0) is 22.5. The maximum Gasteiger partial charge on any atom is 0.307 e. The molecule has 2 aromatic carbocycles. The molecule has 0 unspecified atom stereocenters. The van der Waals surface area contributed by atoms with E-state index in [0.29, 0.717) is 28.2 Å². The van der Waals surface area contributed by atoms with Crippen LogP contribution in [-0.4, -0.2) is 55.3 Å². The van der Waals surface area contributed by atoms with Gasteiger partial charge in [0.25, 0.3) is 5.91 Å². The number of nitrogens with two attached hydrogens (primary N) is 1. The van der Waals surface area contributed by atoms with Crippen molar-refractivity contribution in [3.8, 4) is 0 Å². The molecular formula is C22H25N5O4. The molecular weight excluding hydrogens is 398 g/mol. The van der Waals surface area contributed by atoms with Crippen molar-refractivity contribution in [2.75, 3.05) is 37.0 Å². The molecule has 0 fully saturated rings. The Morgan fingerprint density at radius 3 is 2.65 bits per heavy atom. The molecule has 9 nitrogen and oxygen atoms in total. The van der Waals surface area contributed by atoms with Gasteiger partial charge < -0.3 is 25.6 Å². The molecule has 2 amide bonds. The van der Waals surface area contributed by atoms with Crippen LogP contribution in [0, 0.1) is 5.41 Å². The summed E-state index contributed by atoms with van der Waals surface area (Å²) in [4.78, 5) is 40.2. The summed E-state index contributed by atoms with van der Waals surface area (Å²) in [5.41, 5.74) is 8.32. The van der Waals surface area contributed by atoms with Crippen LogP contribution in [0.25, 0.3) is 0 Å². The van der Waals surface area contributed by atoms with Crippen molar-refractivity contribution in [3.05, 3.63) is 53.6 Å². The lowest BCUT2D eigenvalue weighted by molar-refractivity contribution is -0.143. The van der Waals surface area contributed by atoms with E-state index in [-0.39, 0.29) is 43.8 Å². The van der Waals surface area contributed by atoms with E-state index >= 15 is 0 Å². The number of ether oxygens (including phenoxy) is 1. The third-order valence-corrected chi connectivity index (χ3v) is 4.93. The van der Waals surface area contributed by atoms with Crippen LogP contribution >= 0.6 is 0 Å². The molecule has 0 aliphatic carbocycles. The molecule has 4 N–H and O–H groups in total. The van der Waals surface area contributed by atoms with Gasteiger partial charge in [-0.3, -0.25) is 19.8 Å². The fourth-order valence-corrected chi connectivity index (χ4v) is 3.29. The lowest BCUT2D eigenvalue weighted by Gasteiger charge is -2.19. The standard InChI is InChI=1S/C22H25N5O4/c1-3-31-20(29)9-10-27-13-19(28)26(2)18-8-7-16(12-17(18)22(27)30)25-15-6-4-5-14(11-15)21(23)24/h4-8,11-12,25H,3,9-10,13H2,1-2H3,(H3,23,24). The maximum atomic E-state index is 13.2. The number of carbonyl (C=O) groups excluding carboxylic acids is 3. The number of likely N-dealkylation sites (N-methyl/N-ethyl adjacent to an activating group) is 1. The number of hydrogen-bond acceptors (Lipinski definition) is 6. The zero-order valence-electron chi connectivity index (χ0n) is 17.5. The van der Waals surface area contributed by atoms with Gasteiger partial charge in [0, 0.05) is 30.5 Å². The Morgan fingerprint density at radius 1 is 1.19 bits per heavy atom. The molecule has 0 saturated carbocycles. The van der Waals surface area contributed by atoms with E-state index in [9.17, 15) is 14.4 Å². The first-order valence-electron chi connectivity index (χ1n) is 9.87. The molecule has 1 heterocycles. The number of rotatable bonds is 7. The normalized spacial score (nSPS) is 13.5. The second kappa shape index (κ2) is 9.29. The molecule has 0 saturated heterocycles. The Hall–Kier alpha value is -3.88. The first-order valence-corrected chi connectivity index (χ1v) is 9.87. The molecule has 0 radical (unpaired) electrons. The molecule has 0 spiro atoms. The van der Waals surface area contributed by atoms with Crippen LogP contribution in [0.2, 0.25) is 0 Å². The largest absolute Gasteiger partial charge is 0.466 e. The topological polar surface area (TPSA) is 129 Å². The first kappa shape index (κ1) is 21.8. The van der Waals surface area contributed by atoms with E-state index in [1.54, 1.807) is 50.4 Å². The second-order valence-electron chi connectivity index (χ2n) is 7.09. The SMILES string of the molecule is CCOC(=O)CCN1CC(=O)N(C)c2ccc(Nc3cccc(C(=N)N)c3)cc2C1=O. The highest BCUT2D eigenvalue weighted by Gasteiger charge is 2.30. The van der Waals surface area contributed by atoms with Crippen molar-refractivity contribution < 1.29 is 19.1 Å². The summed E-state index contributed by atoms with van der Waals surface area (Å²) in [7, 11) is 1.62. The van der Waals surface area contributed by atoms with Gasteiger partial charge >= 0.3 is 5.97 Å². The van der Waals surface area contributed by atoms with Gasteiger partial charge in [-0.25, -0.2) is 0 Å². The summed E-state index contributed by atoms with van der Waals surface area (Å²) >= 11 is 0. The average molecular weight is 423 g/mol. The first-order chi connectivity index (χ1) is 14.8. The summed E-state index contributed by atoms with van der Waals surface area (Å²) in [6.07, 6.45) is 0.0156. The fourth-order valence-electron chi connectivity index (χ4n) is 3.29. The van der Waals surface area contributed by atoms with E-state index in [1.165, 1.54) is 9.80 Å². The molecule has 2 aromatic rings. The number of nitrogens with zero attached hydrogens (tertiary/aromatic N) is 2. The van der Waals surface area contributed by atoms with Gasteiger partial charge in [-0.1, -0.05) is 12.1 Å². The van der Waals surface area contributed by atoms with Crippen LogP contribution in [0.5, 0.6) is 0 Å². The molecule has 9 heteroatoms. The number of esters is 1. The van der Waals surface area contributed by atoms with Crippen LogP contribution in [0.1, 0.15) is 29.3 Å². The minimum absolute atomic E-state index is 0.0156. The zero-order valence-corrected chi connectivity index (χ0v) is 17.5. The Bertz CT molecular complexity index is 1040. The minimum atomic E-state index is -0.415. The van der Waals surface area contributed by atoms with Crippen molar-refractivity contribution in [1.29, 1.82) is 5.41 Å². The highest BCUT2D eigenvalue weighted by Crippen LogP contribution is 2.29. The van der Waals surface area contributed by atoms with Crippen molar-refractivity contribution in [2.24, 2.45) is 5.73 Å². The molecule has 31 heavy (non-hydrogen) atoms. The Morgan fingerprint density at radius 2 is 1.94 bits per heavy atom. The van der Waals surface area contributed by atoms with Gasteiger partial charge in [0.1, 0.15) is 12.4 Å². The Balaban J connectivity index is 1.88. The molecule has 1 aliphatic heterocycles. The number of benzene rings is 2. The fraction of sp³-hybridized carbons (Fsp3) is 0.273. The van der Waals surface area contributed by atoms with E-state index < -0.39 is 5.97 Å². The van der Waals surface area contributed by atoms with Crippen molar-refractivity contribution in [3.63, 3.8) is 0 Å². The summed E-state index contributed by atoms with van der Waals surface area (Å²) in [5.74, 6) is -1.04. The number of amides is 2. The summed E-state index contributed by atoms with van der Waals surface area (Å²) in [6.45, 7) is 1.95. The number of carbonyl (C=O) groups is 3. The van der Waals surface area contributed by atoms with Crippen LogP contribution in [0.15, 0.2) is 42.5 Å². The van der Waals surface area contributed by atoms with Crippen LogP contribution < -0.4 is 16.0 Å². The number of anilines is 3. The van der Waals surface area contributed by atoms with E-state index in [4.69, 9.17) is 15.9 Å². The van der Waals surface area contributed by atoms with Gasteiger partial charge in [0.05, 0.1) is 24.3 Å². The third-order valence-electron chi connectivity index (χ3n) is 4.93. The molecule has 0 bridgehead atoms. The molecule has 3 rings (SSSR count). The highest BCUT2D eigenvalue weighted by molar-refractivity contribution is 6.10. The number of nitrogens with one attached hydrogen (secondary N) is 2. The summed E-state index contributed by atoms with van der Waals surface area (Å²) < 4.78 is 4.92. The lowest BCUT2D eigenvalue weighted by Crippen LogP contribution is -2.39. The van der Waals surface area contributed by atoms with Crippen LogP contribution in [-0.2, 0) is 14.3 Å². The van der Waals surface area contributed by atoms with Crippen molar-refractivity contribution >= 4 is 40.7 Å². The third kappa shape index (κ3) is 5.00. The van der Waals surface area contributed by atoms with E-state index in [1.807, 2.05) is 6.07 Å². The smallest absolute Gasteiger partial charge is 0.307 e. The monoisotopic (exact) mass is 423 g/mol. The van der Waals surface area contributed by atoms with Crippen molar-refractivity contribution in [1.82, 2.24) is 4.90 Å². The predicted octanol–water partition coefficient (Wildman–Crippen LogP) is 2.09. The van der Waals surface area contributed by atoms with Gasteiger partial charge in [-0.2, -0.15) is 0 Å². The van der Waals surface area contributed by atoms with Crippen molar-refractivity contribution in [2.45, 2.75) is 13.3 Å². The summed E-state index contributed by atoms with van der Waals surface area (Å²) in [5, 5.41) is 10.8.